The quantitative estimate of drug-likeness (QED) is 0.313. The van der Waals surface area contributed by atoms with Crippen LogP contribution in [0.3, 0.4) is 0 Å². The second kappa shape index (κ2) is 11.9. The van der Waals surface area contributed by atoms with E-state index in [0.29, 0.717) is 30.0 Å². The van der Waals surface area contributed by atoms with Crippen LogP contribution >= 0.6 is 0 Å². The lowest BCUT2D eigenvalue weighted by Crippen LogP contribution is -2.66. The first-order valence-electron chi connectivity index (χ1n) is 12.9. The molecule has 0 aromatic heterocycles. The molecule has 1 aliphatic carbocycles. The third-order valence-electron chi connectivity index (χ3n) is 7.96. The molecule has 32 heavy (non-hydrogen) atoms. The first-order chi connectivity index (χ1) is 15.6. The highest BCUT2D eigenvalue weighted by Gasteiger charge is 2.35. The molecule has 0 aromatic rings. The summed E-state index contributed by atoms with van der Waals surface area (Å²) in [5.41, 5.74) is 0. The molecule has 9 nitrogen and oxygen atoms in total. The average molecular weight is 452 g/mol. The van der Waals surface area contributed by atoms with Crippen LogP contribution in [0.1, 0.15) is 58.3 Å². The zero-order chi connectivity index (χ0) is 22.3. The Morgan fingerprint density at radius 3 is 2.69 bits per heavy atom. The van der Waals surface area contributed by atoms with Gasteiger partial charge in [-0.2, -0.15) is 0 Å². The predicted octanol–water partition coefficient (Wildman–Crippen LogP) is 0.392. The lowest BCUT2D eigenvalue weighted by molar-refractivity contribution is 0.0447. The number of hydrogen-bond donors (Lipinski definition) is 7. The van der Waals surface area contributed by atoms with Crippen LogP contribution in [-0.2, 0) is 4.74 Å². The topological polar surface area (TPSA) is 111 Å². The lowest BCUT2D eigenvalue weighted by atomic mass is 9.82. The zero-order valence-corrected chi connectivity index (χ0v) is 19.9. The summed E-state index contributed by atoms with van der Waals surface area (Å²) in [7, 11) is 1.82. The number of nitrogens with one attached hydrogen (secondary N) is 7. The summed E-state index contributed by atoms with van der Waals surface area (Å²) in [6, 6.07) is 1.05. The van der Waals surface area contributed by atoms with Crippen LogP contribution in [0, 0.1) is 11.8 Å². The van der Waals surface area contributed by atoms with Crippen LogP contribution in [-0.4, -0.2) is 76.0 Å². The first kappa shape index (κ1) is 24.2. The monoisotopic (exact) mass is 451 g/mol. The van der Waals surface area contributed by atoms with Gasteiger partial charge in [0.15, 0.2) is 0 Å². The van der Waals surface area contributed by atoms with Crippen LogP contribution in [0.25, 0.3) is 0 Å². The minimum atomic E-state index is -0.0332. The van der Waals surface area contributed by atoms with Gasteiger partial charge in [-0.25, -0.2) is 4.79 Å². The van der Waals surface area contributed by atoms with E-state index >= 15 is 0 Å². The van der Waals surface area contributed by atoms with Gasteiger partial charge in [0, 0.05) is 31.8 Å². The van der Waals surface area contributed by atoms with E-state index in [9.17, 15) is 4.79 Å². The van der Waals surface area contributed by atoms with Crippen molar-refractivity contribution in [1.82, 2.24) is 37.2 Å². The minimum Gasteiger partial charge on any atom is -0.380 e. The van der Waals surface area contributed by atoms with Crippen molar-refractivity contribution in [2.75, 3.05) is 33.3 Å². The minimum absolute atomic E-state index is 0.0332. The molecule has 8 atom stereocenters. The van der Waals surface area contributed by atoms with Gasteiger partial charge in [0.2, 0.25) is 0 Å². The van der Waals surface area contributed by atoms with Crippen molar-refractivity contribution in [3.05, 3.63) is 0 Å². The molecule has 8 unspecified atom stereocenters. The largest absolute Gasteiger partial charge is 0.380 e. The molecule has 4 fully saturated rings. The molecule has 3 aliphatic heterocycles. The summed E-state index contributed by atoms with van der Waals surface area (Å²) >= 11 is 0. The molecule has 4 aliphatic rings. The van der Waals surface area contributed by atoms with Crippen molar-refractivity contribution in [3.8, 4) is 0 Å². The molecule has 184 valence electrons. The van der Waals surface area contributed by atoms with Crippen LogP contribution in [0.2, 0.25) is 0 Å². The highest BCUT2D eigenvalue weighted by atomic mass is 16.5. The first-order valence-corrected chi connectivity index (χ1v) is 12.9. The van der Waals surface area contributed by atoms with E-state index in [0.717, 1.165) is 64.7 Å². The number of urea groups is 1. The molecule has 7 N–H and O–H groups in total. The number of amides is 2. The number of methoxy groups -OCH3 is 1. The predicted molar refractivity (Wildman–Crippen MR) is 126 cm³/mol. The standard InChI is InChI=1S/C23H45N7O2/c1-15-6-7-17(27-23(31)30-21-5-3-4-9-25-21)12-20(15)29-22-26-10-8-19(28-22)16-11-18(32-2)14-24-13-16/h15-22,24-26,28-29H,3-14H2,1-2H3,(H2,27,30,31). The second-order valence-electron chi connectivity index (χ2n) is 10.3. The summed E-state index contributed by atoms with van der Waals surface area (Å²) in [5.74, 6) is 1.18. The molecule has 2 amide bonds. The van der Waals surface area contributed by atoms with Crippen LogP contribution in [0.4, 0.5) is 4.79 Å². The fourth-order valence-electron chi connectivity index (χ4n) is 5.90. The maximum absolute atomic E-state index is 12.5. The van der Waals surface area contributed by atoms with Gasteiger partial charge in [0.1, 0.15) is 6.29 Å². The van der Waals surface area contributed by atoms with E-state index < -0.39 is 0 Å². The Bertz CT molecular complexity index is 589. The molecule has 0 spiro atoms. The van der Waals surface area contributed by atoms with Crippen molar-refractivity contribution in [2.45, 2.75) is 95.0 Å². The second-order valence-corrected chi connectivity index (χ2v) is 10.3. The van der Waals surface area contributed by atoms with Crippen molar-refractivity contribution in [2.24, 2.45) is 11.8 Å². The molecule has 0 bridgehead atoms. The van der Waals surface area contributed by atoms with Crippen molar-refractivity contribution >= 4 is 6.03 Å². The van der Waals surface area contributed by atoms with Crippen molar-refractivity contribution in [3.63, 3.8) is 0 Å². The van der Waals surface area contributed by atoms with Gasteiger partial charge in [0.25, 0.3) is 0 Å². The lowest BCUT2D eigenvalue weighted by Gasteiger charge is -2.43. The summed E-state index contributed by atoms with van der Waals surface area (Å²) in [4.78, 5) is 12.5. The van der Waals surface area contributed by atoms with E-state index in [2.05, 4.69) is 44.1 Å². The Morgan fingerprint density at radius 1 is 0.969 bits per heavy atom. The van der Waals surface area contributed by atoms with Gasteiger partial charge in [-0.1, -0.05) is 6.92 Å². The fourth-order valence-corrected chi connectivity index (χ4v) is 5.90. The highest BCUT2D eigenvalue weighted by molar-refractivity contribution is 5.74. The van der Waals surface area contributed by atoms with Crippen LogP contribution in [0.5, 0.6) is 0 Å². The number of carbonyl (C=O) groups excluding carboxylic acids is 1. The molecule has 3 saturated heterocycles. The zero-order valence-electron chi connectivity index (χ0n) is 19.9. The van der Waals surface area contributed by atoms with Crippen LogP contribution in [0.15, 0.2) is 0 Å². The summed E-state index contributed by atoms with van der Waals surface area (Å²) in [6.45, 7) is 6.35. The molecule has 3 heterocycles. The van der Waals surface area contributed by atoms with E-state index in [1.54, 1.807) is 0 Å². The molecule has 0 radical (unpaired) electrons. The summed E-state index contributed by atoms with van der Waals surface area (Å²) in [6.07, 6.45) is 9.33. The molecule has 9 heteroatoms. The Hall–Kier alpha value is -0.970. The van der Waals surface area contributed by atoms with E-state index in [-0.39, 0.29) is 24.5 Å². The molecular formula is C23H45N7O2. The van der Waals surface area contributed by atoms with Crippen molar-refractivity contribution in [1.29, 1.82) is 0 Å². The molecule has 1 saturated carbocycles. The average Bonchev–Trinajstić information content (AvgIpc) is 2.82. The maximum atomic E-state index is 12.5. The number of hydrogen-bond acceptors (Lipinski definition) is 7. The summed E-state index contributed by atoms with van der Waals surface area (Å²) in [5, 5.41) is 24.5. The SMILES string of the molecule is COC1CNCC(C2CCNC(NC3CC(NC(=O)NC4CCCCN4)CCC3C)N2)C1. The van der Waals surface area contributed by atoms with Gasteiger partial charge >= 0.3 is 6.03 Å². The number of carbonyl (C=O) groups is 1. The fraction of sp³-hybridized carbons (Fsp3) is 0.957. The van der Waals surface area contributed by atoms with Gasteiger partial charge in [-0.3, -0.25) is 21.3 Å². The third-order valence-corrected chi connectivity index (χ3v) is 7.96. The molecule has 4 rings (SSSR count). The number of ether oxygens (including phenoxy) is 1. The molecule has 0 aromatic carbocycles. The van der Waals surface area contributed by atoms with E-state index in [1.165, 1.54) is 12.8 Å². The maximum Gasteiger partial charge on any atom is 0.316 e. The normalized spacial score (nSPS) is 41.1. The summed E-state index contributed by atoms with van der Waals surface area (Å²) < 4.78 is 5.60. The third kappa shape index (κ3) is 6.77. The van der Waals surface area contributed by atoms with Gasteiger partial charge in [-0.15, -0.1) is 0 Å². The highest BCUT2D eigenvalue weighted by Crippen LogP contribution is 2.26. The number of piperidine rings is 2. The Morgan fingerprint density at radius 2 is 1.88 bits per heavy atom. The van der Waals surface area contributed by atoms with Gasteiger partial charge in [0.05, 0.1) is 12.3 Å². The van der Waals surface area contributed by atoms with Gasteiger partial charge in [-0.05, 0) is 82.8 Å². The van der Waals surface area contributed by atoms with E-state index in [4.69, 9.17) is 4.74 Å². The Labute approximate surface area is 193 Å². The smallest absolute Gasteiger partial charge is 0.316 e. The Kier molecular flexibility index (Phi) is 9.02. The van der Waals surface area contributed by atoms with Crippen LogP contribution < -0.4 is 37.2 Å². The number of rotatable bonds is 6. The molecular weight excluding hydrogens is 406 g/mol. The van der Waals surface area contributed by atoms with Crippen molar-refractivity contribution < 1.29 is 9.53 Å². The van der Waals surface area contributed by atoms with Gasteiger partial charge < -0.3 is 20.7 Å². The van der Waals surface area contributed by atoms with E-state index in [1.807, 2.05) is 7.11 Å². The Balaban J connectivity index is 1.23.